The van der Waals surface area contributed by atoms with E-state index in [1.54, 1.807) is 23.9 Å². The van der Waals surface area contributed by atoms with Gasteiger partial charge < -0.3 is 5.32 Å². The highest BCUT2D eigenvalue weighted by Gasteiger charge is 2.08. The maximum absolute atomic E-state index is 11.9. The Morgan fingerprint density at radius 3 is 2.40 bits per heavy atom. The number of nitrogens with one attached hydrogen (secondary N) is 2. The minimum atomic E-state index is -0.236. The van der Waals surface area contributed by atoms with Crippen molar-refractivity contribution in [1.82, 2.24) is 10.7 Å². The molecule has 0 saturated heterocycles. The predicted molar refractivity (Wildman–Crippen MR) is 95.7 cm³/mol. The number of hydrogen-bond acceptors (Lipinski definition) is 3. The fourth-order valence-electron chi connectivity index (χ4n) is 2.22. The second-order valence-electron chi connectivity index (χ2n) is 5.69. The zero-order chi connectivity index (χ0) is 17.9. The Bertz CT molecular complexity index is 715. The van der Waals surface area contributed by atoms with Crippen LogP contribution in [0.3, 0.4) is 0 Å². The number of pyridine rings is 1. The molecule has 2 rings (SSSR count). The van der Waals surface area contributed by atoms with E-state index in [2.05, 4.69) is 15.8 Å². The van der Waals surface area contributed by atoms with Crippen LogP contribution in [0.15, 0.2) is 66.0 Å². The lowest BCUT2D eigenvalue weighted by atomic mass is 10.1. The van der Waals surface area contributed by atoms with Gasteiger partial charge >= 0.3 is 5.91 Å². The van der Waals surface area contributed by atoms with Crippen LogP contribution in [0.25, 0.3) is 0 Å². The van der Waals surface area contributed by atoms with Gasteiger partial charge in [-0.2, -0.15) is 9.67 Å². The lowest BCUT2D eigenvalue weighted by Crippen LogP contribution is -2.41. The SMILES string of the molecule is C/C(CC(=O)NCCc1ccccc1)=N\NC(=O)C[n+]1ccccc1. The van der Waals surface area contributed by atoms with E-state index in [0.717, 1.165) is 6.42 Å². The molecule has 6 nitrogen and oxygen atoms in total. The number of carbonyl (C=O) groups excluding carboxylic acids is 2. The molecule has 0 aliphatic carbocycles. The van der Waals surface area contributed by atoms with Gasteiger partial charge in [-0.05, 0) is 18.9 Å². The van der Waals surface area contributed by atoms with E-state index in [1.807, 2.05) is 48.5 Å². The molecule has 0 saturated carbocycles. The fourth-order valence-corrected chi connectivity index (χ4v) is 2.22. The number of hydrogen-bond donors (Lipinski definition) is 2. The minimum absolute atomic E-state index is 0.108. The van der Waals surface area contributed by atoms with Gasteiger partial charge in [0, 0.05) is 24.4 Å². The summed E-state index contributed by atoms with van der Waals surface area (Å²) in [6, 6.07) is 15.6. The molecular formula is C19H23N4O2+. The monoisotopic (exact) mass is 339 g/mol. The molecule has 1 aromatic heterocycles. The Hall–Kier alpha value is -3.02. The number of amides is 2. The van der Waals surface area contributed by atoms with Crippen molar-refractivity contribution < 1.29 is 14.2 Å². The number of nitrogens with zero attached hydrogens (tertiary/aromatic N) is 2. The Labute approximate surface area is 147 Å². The van der Waals surface area contributed by atoms with E-state index in [1.165, 1.54) is 5.56 Å². The number of benzene rings is 1. The minimum Gasteiger partial charge on any atom is -0.355 e. The first-order valence-electron chi connectivity index (χ1n) is 8.20. The number of rotatable bonds is 8. The van der Waals surface area contributed by atoms with Crippen LogP contribution in [0.5, 0.6) is 0 Å². The Kier molecular flexibility index (Phi) is 7.31. The summed E-state index contributed by atoms with van der Waals surface area (Å²) in [5.74, 6) is -0.344. The molecule has 2 amide bonds. The quantitative estimate of drug-likeness (QED) is 0.431. The van der Waals surface area contributed by atoms with E-state index in [9.17, 15) is 9.59 Å². The van der Waals surface area contributed by atoms with Gasteiger partial charge in [0.1, 0.15) is 0 Å². The van der Waals surface area contributed by atoms with Crippen molar-refractivity contribution in [3.05, 3.63) is 66.5 Å². The first-order valence-corrected chi connectivity index (χ1v) is 8.20. The van der Waals surface area contributed by atoms with Crippen LogP contribution in [-0.2, 0) is 22.6 Å². The highest BCUT2D eigenvalue weighted by atomic mass is 16.2. The molecule has 1 heterocycles. The van der Waals surface area contributed by atoms with Crippen LogP contribution in [0.1, 0.15) is 18.9 Å². The molecule has 0 unspecified atom stereocenters. The lowest BCUT2D eigenvalue weighted by Gasteiger charge is -2.05. The van der Waals surface area contributed by atoms with Crippen LogP contribution >= 0.6 is 0 Å². The first-order chi connectivity index (χ1) is 12.1. The molecule has 0 aliphatic rings. The third kappa shape index (κ3) is 7.39. The Balaban J connectivity index is 1.67. The average molecular weight is 339 g/mol. The van der Waals surface area contributed by atoms with E-state index in [-0.39, 0.29) is 24.8 Å². The normalized spacial score (nSPS) is 11.0. The molecule has 2 N–H and O–H groups in total. The molecule has 6 heteroatoms. The van der Waals surface area contributed by atoms with Crippen molar-refractivity contribution in [3.8, 4) is 0 Å². The average Bonchev–Trinajstić information content (AvgIpc) is 2.62. The molecule has 2 aromatic rings. The molecule has 0 fully saturated rings. The predicted octanol–water partition coefficient (Wildman–Crippen LogP) is 1.22. The van der Waals surface area contributed by atoms with Gasteiger partial charge in [-0.25, -0.2) is 5.43 Å². The molecule has 130 valence electrons. The van der Waals surface area contributed by atoms with Gasteiger partial charge in [-0.3, -0.25) is 9.59 Å². The highest BCUT2D eigenvalue weighted by molar-refractivity contribution is 6.00. The van der Waals surface area contributed by atoms with Crippen molar-refractivity contribution >= 4 is 17.5 Å². The second-order valence-corrected chi connectivity index (χ2v) is 5.69. The van der Waals surface area contributed by atoms with Crippen LogP contribution in [0.4, 0.5) is 0 Å². The summed E-state index contributed by atoms with van der Waals surface area (Å²) in [5, 5.41) is 6.82. The van der Waals surface area contributed by atoms with Crippen molar-refractivity contribution in [1.29, 1.82) is 0 Å². The molecule has 0 radical (unpaired) electrons. The van der Waals surface area contributed by atoms with Crippen molar-refractivity contribution in [2.45, 2.75) is 26.3 Å². The molecule has 0 spiro atoms. The van der Waals surface area contributed by atoms with Gasteiger partial charge in [-0.15, -0.1) is 0 Å². The van der Waals surface area contributed by atoms with Crippen molar-refractivity contribution in [2.24, 2.45) is 5.10 Å². The van der Waals surface area contributed by atoms with Gasteiger partial charge in [0.05, 0.1) is 6.42 Å². The van der Waals surface area contributed by atoms with E-state index < -0.39 is 0 Å². The topological polar surface area (TPSA) is 74.4 Å². The van der Waals surface area contributed by atoms with E-state index in [4.69, 9.17) is 0 Å². The highest BCUT2D eigenvalue weighted by Crippen LogP contribution is 1.98. The van der Waals surface area contributed by atoms with Gasteiger partial charge in [0.2, 0.25) is 12.5 Å². The molecule has 0 bridgehead atoms. The molecule has 25 heavy (non-hydrogen) atoms. The molecular weight excluding hydrogens is 316 g/mol. The smallest absolute Gasteiger partial charge is 0.305 e. The molecule has 0 aliphatic heterocycles. The van der Waals surface area contributed by atoms with E-state index in [0.29, 0.717) is 12.3 Å². The van der Waals surface area contributed by atoms with Crippen LogP contribution < -0.4 is 15.3 Å². The van der Waals surface area contributed by atoms with Gasteiger partial charge in [-0.1, -0.05) is 36.4 Å². The van der Waals surface area contributed by atoms with E-state index >= 15 is 0 Å². The van der Waals surface area contributed by atoms with Crippen LogP contribution in [0, 0.1) is 0 Å². The van der Waals surface area contributed by atoms with Crippen molar-refractivity contribution in [3.63, 3.8) is 0 Å². The summed E-state index contributed by atoms with van der Waals surface area (Å²) in [4.78, 5) is 23.7. The zero-order valence-electron chi connectivity index (χ0n) is 14.3. The summed E-state index contributed by atoms with van der Waals surface area (Å²) >= 11 is 0. The maximum Gasteiger partial charge on any atom is 0.305 e. The molecule has 1 aromatic carbocycles. The third-order valence-corrected chi connectivity index (χ3v) is 3.47. The fraction of sp³-hybridized carbons (Fsp3) is 0.263. The summed E-state index contributed by atoms with van der Waals surface area (Å²) in [6.07, 6.45) is 4.55. The second kappa shape index (κ2) is 9.97. The number of aromatic nitrogens is 1. The van der Waals surface area contributed by atoms with Gasteiger partial charge in [0.25, 0.3) is 0 Å². The van der Waals surface area contributed by atoms with Gasteiger partial charge in [0.15, 0.2) is 12.4 Å². The lowest BCUT2D eigenvalue weighted by molar-refractivity contribution is -0.684. The first kappa shape index (κ1) is 18.3. The Morgan fingerprint density at radius 2 is 1.68 bits per heavy atom. The largest absolute Gasteiger partial charge is 0.355 e. The summed E-state index contributed by atoms with van der Waals surface area (Å²) in [7, 11) is 0. The van der Waals surface area contributed by atoms with Crippen LogP contribution in [0.2, 0.25) is 0 Å². The van der Waals surface area contributed by atoms with Crippen molar-refractivity contribution in [2.75, 3.05) is 6.54 Å². The maximum atomic E-state index is 11.9. The summed E-state index contributed by atoms with van der Waals surface area (Å²) in [6.45, 7) is 2.47. The molecule has 0 atom stereocenters. The third-order valence-electron chi connectivity index (χ3n) is 3.47. The zero-order valence-corrected chi connectivity index (χ0v) is 14.3. The Morgan fingerprint density at radius 1 is 1.00 bits per heavy atom. The standard InChI is InChI=1S/C19H22N4O2/c1-16(21-22-19(25)15-23-12-6-3-7-13-23)14-18(24)20-11-10-17-8-4-2-5-9-17/h2-9,12-13H,10-11,14-15H2,1H3,(H-,20,22,24,25)/p+1/b21-16+. The summed E-state index contributed by atoms with van der Waals surface area (Å²) < 4.78 is 1.75. The van der Waals surface area contributed by atoms with Crippen LogP contribution in [-0.4, -0.2) is 24.1 Å². The number of hydrazone groups is 1. The number of carbonyl (C=O) groups is 2. The summed E-state index contributed by atoms with van der Waals surface area (Å²) in [5.41, 5.74) is 4.20.